The first kappa shape index (κ1) is 12.4. The zero-order valence-electron chi connectivity index (χ0n) is 9.84. The summed E-state index contributed by atoms with van der Waals surface area (Å²) in [5.41, 5.74) is 0. The highest BCUT2D eigenvalue weighted by Crippen LogP contribution is 2.27. The lowest BCUT2D eigenvalue weighted by Gasteiger charge is -2.28. The standard InChI is InChI=1S/C13H20ClNS/c1-10(11-5-3-2-4-6-11)15-9-12-7-8-13(14)16-12/h7-8,10-11,15H,2-6,9H2,1H3/t10-/m1/s1. The number of halogens is 1. The van der Waals surface area contributed by atoms with Crippen molar-refractivity contribution in [2.24, 2.45) is 5.92 Å². The van der Waals surface area contributed by atoms with Gasteiger partial charge in [-0.15, -0.1) is 11.3 Å². The van der Waals surface area contributed by atoms with Gasteiger partial charge in [0.15, 0.2) is 0 Å². The Morgan fingerprint density at radius 3 is 2.75 bits per heavy atom. The van der Waals surface area contributed by atoms with E-state index in [4.69, 9.17) is 11.6 Å². The molecule has 1 aromatic heterocycles. The molecule has 1 N–H and O–H groups in total. The third-order valence-electron chi connectivity index (χ3n) is 3.58. The van der Waals surface area contributed by atoms with Crippen molar-refractivity contribution in [1.82, 2.24) is 5.32 Å². The van der Waals surface area contributed by atoms with E-state index in [0.717, 1.165) is 16.8 Å². The number of hydrogen-bond donors (Lipinski definition) is 1. The van der Waals surface area contributed by atoms with Gasteiger partial charge in [-0.1, -0.05) is 30.9 Å². The molecule has 0 saturated heterocycles. The molecule has 0 aliphatic heterocycles. The van der Waals surface area contributed by atoms with Gasteiger partial charge in [-0.05, 0) is 37.8 Å². The molecule has 1 aliphatic carbocycles. The van der Waals surface area contributed by atoms with Gasteiger partial charge in [0.25, 0.3) is 0 Å². The quantitative estimate of drug-likeness (QED) is 0.840. The fraction of sp³-hybridized carbons (Fsp3) is 0.692. The minimum atomic E-state index is 0.640. The van der Waals surface area contributed by atoms with Crippen LogP contribution in [0.15, 0.2) is 12.1 Å². The van der Waals surface area contributed by atoms with Crippen LogP contribution in [-0.4, -0.2) is 6.04 Å². The lowest BCUT2D eigenvalue weighted by molar-refractivity contribution is 0.281. The van der Waals surface area contributed by atoms with E-state index in [1.54, 1.807) is 11.3 Å². The molecule has 0 unspecified atom stereocenters. The van der Waals surface area contributed by atoms with E-state index in [1.807, 2.05) is 6.07 Å². The molecule has 3 heteroatoms. The molecule has 0 aromatic carbocycles. The Hall–Kier alpha value is -0.0500. The monoisotopic (exact) mass is 257 g/mol. The molecular formula is C13H20ClNS. The molecule has 1 saturated carbocycles. The van der Waals surface area contributed by atoms with E-state index in [1.165, 1.54) is 37.0 Å². The molecular weight excluding hydrogens is 238 g/mol. The molecule has 1 fully saturated rings. The summed E-state index contributed by atoms with van der Waals surface area (Å²) >= 11 is 7.59. The van der Waals surface area contributed by atoms with Crippen molar-refractivity contribution < 1.29 is 0 Å². The first-order chi connectivity index (χ1) is 7.75. The van der Waals surface area contributed by atoms with Crippen LogP contribution in [-0.2, 0) is 6.54 Å². The topological polar surface area (TPSA) is 12.0 Å². The Morgan fingerprint density at radius 2 is 2.12 bits per heavy atom. The minimum absolute atomic E-state index is 0.640. The van der Waals surface area contributed by atoms with Crippen LogP contribution in [0.1, 0.15) is 43.9 Å². The average molecular weight is 258 g/mol. The van der Waals surface area contributed by atoms with Gasteiger partial charge in [0.2, 0.25) is 0 Å². The molecule has 0 amide bonds. The molecule has 0 radical (unpaired) electrons. The van der Waals surface area contributed by atoms with E-state index in [0.29, 0.717) is 6.04 Å². The van der Waals surface area contributed by atoms with Crippen molar-refractivity contribution >= 4 is 22.9 Å². The van der Waals surface area contributed by atoms with Crippen LogP contribution >= 0.6 is 22.9 Å². The van der Waals surface area contributed by atoms with E-state index >= 15 is 0 Å². The van der Waals surface area contributed by atoms with Gasteiger partial charge < -0.3 is 5.32 Å². The maximum absolute atomic E-state index is 5.92. The predicted molar refractivity (Wildman–Crippen MR) is 72.2 cm³/mol. The number of thiophene rings is 1. The van der Waals surface area contributed by atoms with Crippen LogP contribution in [0, 0.1) is 5.92 Å². The summed E-state index contributed by atoms with van der Waals surface area (Å²) in [6.45, 7) is 3.29. The highest BCUT2D eigenvalue weighted by atomic mass is 35.5. The first-order valence-electron chi connectivity index (χ1n) is 6.23. The lowest BCUT2D eigenvalue weighted by atomic mass is 9.84. The summed E-state index contributed by atoms with van der Waals surface area (Å²) in [5, 5.41) is 3.63. The zero-order valence-corrected chi connectivity index (χ0v) is 11.4. The van der Waals surface area contributed by atoms with Crippen LogP contribution in [0.3, 0.4) is 0 Å². The van der Waals surface area contributed by atoms with E-state index in [-0.39, 0.29) is 0 Å². The van der Waals surface area contributed by atoms with Crippen molar-refractivity contribution in [3.63, 3.8) is 0 Å². The fourth-order valence-electron chi connectivity index (χ4n) is 2.51. The third kappa shape index (κ3) is 3.47. The van der Waals surface area contributed by atoms with Crippen LogP contribution in [0.5, 0.6) is 0 Å². The molecule has 2 rings (SSSR count). The number of rotatable bonds is 4. The van der Waals surface area contributed by atoms with Crippen LogP contribution < -0.4 is 5.32 Å². The predicted octanol–water partition coefficient (Wildman–Crippen LogP) is 4.46. The second kappa shape index (κ2) is 6.04. The first-order valence-corrected chi connectivity index (χ1v) is 7.43. The van der Waals surface area contributed by atoms with Gasteiger partial charge in [0.05, 0.1) is 4.34 Å². The van der Waals surface area contributed by atoms with Gasteiger partial charge in [-0.2, -0.15) is 0 Å². The van der Waals surface area contributed by atoms with Crippen molar-refractivity contribution in [3.8, 4) is 0 Å². The molecule has 1 atom stereocenters. The van der Waals surface area contributed by atoms with E-state index in [9.17, 15) is 0 Å². The fourth-order valence-corrected chi connectivity index (χ4v) is 3.55. The lowest BCUT2D eigenvalue weighted by Crippen LogP contribution is -2.33. The second-order valence-electron chi connectivity index (χ2n) is 4.77. The Bertz CT molecular complexity index is 317. The van der Waals surface area contributed by atoms with Crippen LogP contribution in [0.2, 0.25) is 4.34 Å². The maximum atomic E-state index is 5.92. The normalized spacial score (nSPS) is 19.9. The van der Waals surface area contributed by atoms with Gasteiger partial charge in [0.1, 0.15) is 0 Å². The van der Waals surface area contributed by atoms with Crippen molar-refractivity contribution in [2.45, 2.75) is 51.6 Å². The molecule has 0 bridgehead atoms. The molecule has 1 aromatic rings. The Labute approximate surface area is 107 Å². The average Bonchev–Trinajstić information content (AvgIpc) is 2.73. The third-order valence-corrected chi connectivity index (χ3v) is 4.82. The summed E-state index contributed by atoms with van der Waals surface area (Å²) in [6, 6.07) is 4.74. The number of nitrogens with one attached hydrogen (secondary N) is 1. The zero-order chi connectivity index (χ0) is 11.4. The summed E-state index contributed by atoms with van der Waals surface area (Å²) in [6.07, 6.45) is 7.07. The Balaban J connectivity index is 1.76. The number of hydrogen-bond acceptors (Lipinski definition) is 2. The highest BCUT2D eigenvalue weighted by molar-refractivity contribution is 7.16. The SMILES string of the molecule is C[C@@H](NCc1ccc(Cl)s1)C1CCCCC1. The molecule has 90 valence electrons. The smallest absolute Gasteiger partial charge is 0.0931 e. The van der Waals surface area contributed by atoms with Gasteiger partial charge in [-0.25, -0.2) is 0 Å². The minimum Gasteiger partial charge on any atom is -0.309 e. The summed E-state index contributed by atoms with van der Waals surface area (Å²) < 4.78 is 0.891. The van der Waals surface area contributed by atoms with Crippen molar-refractivity contribution in [1.29, 1.82) is 0 Å². The highest BCUT2D eigenvalue weighted by Gasteiger charge is 2.19. The summed E-state index contributed by atoms with van der Waals surface area (Å²) in [5.74, 6) is 0.879. The summed E-state index contributed by atoms with van der Waals surface area (Å²) in [4.78, 5) is 1.34. The van der Waals surface area contributed by atoms with Crippen molar-refractivity contribution in [3.05, 3.63) is 21.3 Å². The molecule has 0 spiro atoms. The van der Waals surface area contributed by atoms with Gasteiger partial charge in [0, 0.05) is 17.5 Å². The van der Waals surface area contributed by atoms with Crippen LogP contribution in [0.4, 0.5) is 0 Å². The second-order valence-corrected chi connectivity index (χ2v) is 6.57. The Morgan fingerprint density at radius 1 is 1.38 bits per heavy atom. The van der Waals surface area contributed by atoms with Crippen molar-refractivity contribution in [2.75, 3.05) is 0 Å². The van der Waals surface area contributed by atoms with Crippen LogP contribution in [0.25, 0.3) is 0 Å². The van der Waals surface area contributed by atoms with E-state index < -0.39 is 0 Å². The molecule has 1 heterocycles. The maximum Gasteiger partial charge on any atom is 0.0931 e. The van der Waals surface area contributed by atoms with Gasteiger partial charge >= 0.3 is 0 Å². The Kier molecular flexibility index (Phi) is 4.68. The van der Waals surface area contributed by atoms with E-state index in [2.05, 4.69) is 18.3 Å². The summed E-state index contributed by atoms with van der Waals surface area (Å²) in [7, 11) is 0. The molecule has 1 aliphatic rings. The van der Waals surface area contributed by atoms with Gasteiger partial charge in [-0.3, -0.25) is 0 Å². The largest absolute Gasteiger partial charge is 0.309 e. The molecule has 1 nitrogen and oxygen atoms in total. The molecule has 16 heavy (non-hydrogen) atoms.